The molecule has 142 valence electrons. The van der Waals surface area contributed by atoms with Gasteiger partial charge in [0.25, 0.3) is 5.91 Å². The first kappa shape index (κ1) is 19.0. The monoisotopic (exact) mass is 365 g/mol. The minimum absolute atomic E-state index is 0.153. The molecule has 0 radical (unpaired) electrons. The Morgan fingerprint density at radius 1 is 1.15 bits per heavy atom. The summed E-state index contributed by atoms with van der Waals surface area (Å²) in [6.07, 6.45) is -0.577. The largest absolute Gasteiger partial charge is 0.481 e. The zero-order valence-electron chi connectivity index (χ0n) is 16.4. The van der Waals surface area contributed by atoms with Crippen LogP contribution in [0, 0.1) is 0 Å². The van der Waals surface area contributed by atoms with Gasteiger partial charge in [0.2, 0.25) is 0 Å². The third-order valence-corrected chi connectivity index (χ3v) is 4.68. The Morgan fingerprint density at radius 2 is 1.93 bits per heavy atom. The summed E-state index contributed by atoms with van der Waals surface area (Å²) in [4.78, 5) is 17.1. The maximum atomic E-state index is 12.5. The fourth-order valence-electron chi connectivity index (χ4n) is 3.13. The van der Waals surface area contributed by atoms with Gasteiger partial charge in [-0.05, 0) is 49.6 Å². The van der Waals surface area contributed by atoms with Crippen LogP contribution in [0.15, 0.2) is 48.5 Å². The summed E-state index contributed by atoms with van der Waals surface area (Å²) in [6, 6.07) is 15.9. The molecule has 2 aromatic carbocycles. The van der Waals surface area contributed by atoms with E-state index in [0.29, 0.717) is 18.2 Å². The number of aryl methyl sites for hydroxylation is 1. The van der Waals surface area contributed by atoms with E-state index in [0.717, 1.165) is 23.4 Å². The van der Waals surface area contributed by atoms with Crippen molar-refractivity contribution in [3.63, 3.8) is 0 Å². The third kappa shape index (κ3) is 4.30. The smallest absolute Gasteiger partial charge is 0.261 e. The Labute approximate surface area is 160 Å². The number of hydrogen-bond acceptors (Lipinski definition) is 3. The summed E-state index contributed by atoms with van der Waals surface area (Å²) in [6.45, 7) is 9.29. The summed E-state index contributed by atoms with van der Waals surface area (Å²) in [5.41, 5.74) is 3.22. The van der Waals surface area contributed by atoms with E-state index in [-0.39, 0.29) is 5.91 Å². The number of benzene rings is 2. The molecule has 3 rings (SSSR count). The molecule has 0 bridgehead atoms. The molecule has 0 fully saturated rings. The molecule has 3 aromatic rings. The summed E-state index contributed by atoms with van der Waals surface area (Å²) < 4.78 is 7.95. The second kappa shape index (κ2) is 8.25. The van der Waals surface area contributed by atoms with Gasteiger partial charge >= 0.3 is 0 Å². The summed E-state index contributed by atoms with van der Waals surface area (Å²) in [7, 11) is 0. The molecule has 0 spiro atoms. The van der Waals surface area contributed by atoms with E-state index in [1.807, 2.05) is 42.5 Å². The lowest BCUT2D eigenvalue weighted by Gasteiger charge is -2.16. The van der Waals surface area contributed by atoms with Crippen LogP contribution < -0.4 is 10.1 Å². The Kier molecular flexibility index (Phi) is 5.79. The molecule has 5 nitrogen and oxygen atoms in total. The summed E-state index contributed by atoms with van der Waals surface area (Å²) in [5.74, 6) is 1.82. The van der Waals surface area contributed by atoms with Crippen LogP contribution in [-0.2, 0) is 17.9 Å². The van der Waals surface area contributed by atoms with Crippen molar-refractivity contribution >= 4 is 16.9 Å². The number of carbonyl (C=O) groups excluding carboxylic acids is 1. The van der Waals surface area contributed by atoms with Gasteiger partial charge in [-0.1, -0.05) is 38.1 Å². The van der Waals surface area contributed by atoms with E-state index >= 15 is 0 Å². The van der Waals surface area contributed by atoms with Crippen LogP contribution in [0.5, 0.6) is 5.75 Å². The quantitative estimate of drug-likeness (QED) is 0.680. The van der Waals surface area contributed by atoms with Crippen LogP contribution in [0.4, 0.5) is 0 Å². The van der Waals surface area contributed by atoms with Gasteiger partial charge in [0.1, 0.15) is 11.6 Å². The Bertz CT molecular complexity index is 930. The van der Waals surface area contributed by atoms with Crippen molar-refractivity contribution in [2.75, 3.05) is 0 Å². The van der Waals surface area contributed by atoms with E-state index in [4.69, 9.17) is 4.74 Å². The first-order chi connectivity index (χ1) is 13.0. The second-order valence-electron chi connectivity index (χ2n) is 6.97. The van der Waals surface area contributed by atoms with Gasteiger partial charge in [0, 0.05) is 6.54 Å². The number of fused-ring (bicyclic) bond motifs is 1. The normalized spacial score (nSPS) is 12.3. The highest BCUT2D eigenvalue weighted by molar-refractivity contribution is 5.81. The molecule has 1 N–H and O–H groups in total. The van der Waals surface area contributed by atoms with Crippen molar-refractivity contribution in [3.8, 4) is 5.75 Å². The standard InChI is InChI=1S/C22H27N3O2/c1-5-25-20-12-7-6-11-19(20)24-21(25)14-23-22(26)16(4)27-18-10-8-9-17(13-18)15(2)3/h6-13,15-16H,5,14H2,1-4H3,(H,23,26). The molecule has 5 heteroatoms. The van der Waals surface area contributed by atoms with Crippen molar-refractivity contribution in [2.45, 2.75) is 52.8 Å². The van der Waals surface area contributed by atoms with Crippen molar-refractivity contribution < 1.29 is 9.53 Å². The van der Waals surface area contributed by atoms with Crippen LogP contribution in [0.3, 0.4) is 0 Å². The fraction of sp³-hybridized carbons (Fsp3) is 0.364. The molecule has 1 aromatic heterocycles. The zero-order valence-corrected chi connectivity index (χ0v) is 16.4. The van der Waals surface area contributed by atoms with Gasteiger partial charge in [0.05, 0.1) is 17.6 Å². The summed E-state index contributed by atoms with van der Waals surface area (Å²) >= 11 is 0. The SMILES string of the molecule is CCn1c(CNC(=O)C(C)Oc2cccc(C(C)C)c2)nc2ccccc21. The van der Waals surface area contributed by atoms with E-state index in [1.165, 1.54) is 5.56 Å². The van der Waals surface area contributed by atoms with E-state index < -0.39 is 6.10 Å². The lowest BCUT2D eigenvalue weighted by atomic mass is 10.0. The van der Waals surface area contributed by atoms with E-state index in [9.17, 15) is 4.79 Å². The molecule has 27 heavy (non-hydrogen) atoms. The van der Waals surface area contributed by atoms with Gasteiger partial charge in [-0.25, -0.2) is 4.98 Å². The van der Waals surface area contributed by atoms with Crippen LogP contribution in [-0.4, -0.2) is 21.6 Å². The Morgan fingerprint density at radius 3 is 2.67 bits per heavy atom. The van der Waals surface area contributed by atoms with Crippen molar-refractivity contribution in [2.24, 2.45) is 0 Å². The maximum absolute atomic E-state index is 12.5. The lowest BCUT2D eigenvalue weighted by Crippen LogP contribution is -2.36. The Balaban J connectivity index is 1.64. The molecular weight excluding hydrogens is 338 g/mol. The first-order valence-electron chi connectivity index (χ1n) is 9.48. The topological polar surface area (TPSA) is 56.2 Å². The number of carbonyl (C=O) groups is 1. The first-order valence-corrected chi connectivity index (χ1v) is 9.48. The number of imidazole rings is 1. The molecule has 0 saturated carbocycles. The molecular formula is C22H27N3O2. The van der Waals surface area contributed by atoms with Crippen LogP contribution in [0.25, 0.3) is 11.0 Å². The minimum Gasteiger partial charge on any atom is -0.481 e. The fourth-order valence-corrected chi connectivity index (χ4v) is 3.13. The van der Waals surface area contributed by atoms with Gasteiger partial charge in [0.15, 0.2) is 6.10 Å². The Hall–Kier alpha value is -2.82. The molecule has 0 aliphatic rings. The molecule has 0 aliphatic carbocycles. The average molecular weight is 365 g/mol. The number of amides is 1. The van der Waals surface area contributed by atoms with Crippen molar-refractivity contribution in [1.29, 1.82) is 0 Å². The second-order valence-corrected chi connectivity index (χ2v) is 6.97. The van der Waals surface area contributed by atoms with Crippen LogP contribution in [0.2, 0.25) is 0 Å². The number of ether oxygens (including phenoxy) is 1. The molecule has 0 saturated heterocycles. The predicted molar refractivity (Wildman–Crippen MR) is 108 cm³/mol. The van der Waals surface area contributed by atoms with Gasteiger partial charge in [-0.15, -0.1) is 0 Å². The number of hydrogen-bond donors (Lipinski definition) is 1. The van der Waals surface area contributed by atoms with E-state index in [2.05, 4.69) is 41.7 Å². The van der Waals surface area contributed by atoms with E-state index in [1.54, 1.807) is 6.92 Å². The molecule has 1 atom stereocenters. The molecule has 0 aliphatic heterocycles. The van der Waals surface area contributed by atoms with Crippen molar-refractivity contribution in [3.05, 3.63) is 59.9 Å². The van der Waals surface area contributed by atoms with Gasteiger partial charge in [-0.2, -0.15) is 0 Å². The predicted octanol–water partition coefficient (Wildman–Crippen LogP) is 4.26. The third-order valence-electron chi connectivity index (χ3n) is 4.68. The minimum atomic E-state index is -0.577. The number of para-hydroxylation sites is 2. The van der Waals surface area contributed by atoms with Crippen LogP contribution >= 0.6 is 0 Å². The number of nitrogens with zero attached hydrogens (tertiary/aromatic N) is 2. The maximum Gasteiger partial charge on any atom is 0.261 e. The number of rotatable bonds is 7. The lowest BCUT2D eigenvalue weighted by molar-refractivity contribution is -0.127. The van der Waals surface area contributed by atoms with Crippen molar-refractivity contribution in [1.82, 2.24) is 14.9 Å². The highest BCUT2D eigenvalue weighted by Gasteiger charge is 2.16. The van der Waals surface area contributed by atoms with Crippen LogP contribution in [0.1, 0.15) is 45.0 Å². The highest BCUT2D eigenvalue weighted by Crippen LogP contribution is 2.21. The number of nitrogens with one attached hydrogen (secondary N) is 1. The van der Waals surface area contributed by atoms with Gasteiger partial charge < -0.3 is 14.6 Å². The number of aromatic nitrogens is 2. The summed E-state index contributed by atoms with van der Waals surface area (Å²) in [5, 5.41) is 2.94. The average Bonchev–Trinajstić information content (AvgIpc) is 3.03. The molecule has 1 amide bonds. The molecule has 1 heterocycles. The molecule has 1 unspecified atom stereocenters. The highest BCUT2D eigenvalue weighted by atomic mass is 16.5. The van der Waals surface area contributed by atoms with Gasteiger partial charge in [-0.3, -0.25) is 4.79 Å². The zero-order chi connectivity index (χ0) is 19.4.